The molecule has 15 heteroatoms. The number of nitrogens with zero attached hydrogens (tertiary/aromatic N) is 6. The Morgan fingerprint density at radius 3 is 2.59 bits per heavy atom. The van der Waals surface area contributed by atoms with Gasteiger partial charge in [0.25, 0.3) is 6.43 Å². The van der Waals surface area contributed by atoms with E-state index < -0.39 is 16.4 Å². The lowest BCUT2D eigenvalue weighted by Gasteiger charge is -2.30. The number of aryl methyl sites for hydroxylation is 2. The Morgan fingerprint density at radius 2 is 1.88 bits per heavy atom. The van der Waals surface area contributed by atoms with Crippen LogP contribution in [0.25, 0.3) is 0 Å². The Labute approximate surface area is 243 Å². The number of anilines is 4. The number of hydrogen-bond acceptors (Lipinski definition) is 10. The number of benzene rings is 1. The van der Waals surface area contributed by atoms with Crippen molar-refractivity contribution in [3.05, 3.63) is 58.6 Å². The highest BCUT2D eigenvalue weighted by Gasteiger charge is 2.24. The quantitative estimate of drug-likeness (QED) is 0.261. The molecular formula is C26H33ClF2N8O3S. The van der Waals surface area contributed by atoms with Crippen LogP contribution in [0.15, 0.2) is 36.8 Å². The Morgan fingerprint density at radius 1 is 1.15 bits per heavy atom. The van der Waals surface area contributed by atoms with Crippen molar-refractivity contribution in [1.82, 2.24) is 24.8 Å². The molecule has 1 aliphatic rings. The molecule has 0 aliphatic heterocycles. The molecule has 1 atom stereocenters. The third-order valence-corrected chi connectivity index (χ3v) is 8.39. The molecule has 1 aromatic carbocycles. The van der Waals surface area contributed by atoms with Gasteiger partial charge in [-0.3, -0.25) is 14.2 Å². The molecule has 3 aromatic rings. The van der Waals surface area contributed by atoms with Crippen LogP contribution >= 0.6 is 11.6 Å². The van der Waals surface area contributed by atoms with Crippen LogP contribution < -0.4 is 14.9 Å². The minimum absolute atomic E-state index is 0.0276. The standard InChI is InChI=1S/C26H33ClF2N8O3S/c1-36(41(2,39)40)25-22(30-9-10-31-25)15-32-24-21(27)14-33-26(35-24)34-19-6-3-17-4-7-20(8-5-18(17)13-19)37(11-12-38)16-23(28)29/h3,6,9-10,13-14,20,23,38H,4-5,7-8,11-12,15-16H2,1-2H3,(H2,32,33,34,35). The zero-order chi connectivity index (χ0) is 29.6. The summed E-state index contributed by atoms with van der Waals surface area (Å²) in [5, 5.41) is 15.9. The number of fused-ring (bicyclic) bond motifs is 1. The Hall–Kier alpha value is -3.20. The van der Waals surface area contributed by atoms with Crippen LogP contribution in [-0.4, -0.2) is 83.8 Å². The number of alkyl halides is 2. The Kier molecular flexibility index (Phi) is 10.2. The van der Waals surface area contributed by atoms with Crippen molar-refractivity contribution in [2.45, 2.75) is 44.7 Å². The number of hydrogen-bond donors (Lipinski definition) is 3. The minimum atomic E-state index is -3.54. The molecule has 2 heterocycles. The first kappa shape index (κ1) is 30.8. The molecule has 4 rings (SSSR count). The van der Waals surface area contributed by atoms with Crippen molar-refractivity contribution in [2.75, 3.05) is 47.9 Å². The van der Waals surface area contributed by atoms with Crippen molar-refractivity contribution < 1.29 is 22.3 Å². The zero-order valence-corrected chi connectivity index (χ0v) is 24.3. The number of halogens is 3. The normalized spacial score (nSPS) is 15.5. The van der Waals surface area contributed by atoms with E-state index in [4.69, 9.17) is 11.6 Å². The molecule has 0 fully saturated rings. The van der Waals surface area contributed by atoms with Crippen LogP contribution in [0.4, 0.5) is 32.1 Å². The Bertz CT molecular complexity index is 1450. The summed E-state index contributed by atoms with van der Waals surface area (Å²) in [5.74, 6) is 0.803. The number of rotatable bonds is 12. The summed E-state index contributed by atoms with van der Waals surface area (Å²) < 4.78 is 51.2. The van der Waals surface area contributed by atoms with Crippen molar-refractivity contribution >= 4 is 44.9 Å². The maximum atomic E-state index is 13.1. The first-order chi connectivity index (χ1) is 19.5. The number of sulfonamides is 1. The first-order valence-electron chi connectivity index (χ1n) is 13.1. The predicted molar refractivity (Wildman–Crippen MR) is 154 cm³/mol. The molecule has 0 amide bonds. The average Bonchev–Trinajstić information content (AvgIpc) is 3.14. The second-order valence-electron chi connectivity index (χ2n) is 9.75. The first-order valence-corrected chi connectivity index (χ1v) is 15.3. The molecule has 1 aliphatic carbocycles. The molecule has 11 nitrogen and oxygen atoms in total. The van der Waals surface area contributed by atoms with E-state index in [1.807, 2.05) is 18.2 Å². The van der Waals surface area contributed by atoms with Gasteiger partial charge in [0, 0.05) is 37.7 Å². The van der Waals surface area contributed by atoms with Gasteiger partial charge in [-0.15, -0.1) is 0 Å². The summed E-state index contributed by atoms with van der Waals surface area (Å²) in [7, 11) is -2.14. The van der Waals surface area contributed by atoms with Gasteiger partial charge < -0.3 is 15.7 Å². The lowest BCUT2D eigenvalue weighted by Crippen LogP contribution is -2.40. The number of aromatic nitrogens is 4. The fourth-order valence-corrected chi connectivity index (χ4v) is 5.44. The second kappa shape index (κ2) is 13.6. The summed E-state index contributed by atoms with van der Waals surface area (Å²) in [6.07, 6.45) is 5.91. The van der Waals surface area contributed by atoms with Gasteiger partial charge in [0.15, 0.2) is 11.6 Å². The topological polar surface area (TPSA) is 136 Å². The summed E-state index contributed by atoms with van der Waals surface area (Å²) in [4.78, 5) is 18.8. The van der Waals surface area contributed by atoms with E-state index >= 15 is 0 Å². The summed E-state index contributed by atoms with van der Waals surface area (Å²) in [5.41, 5.74) is 3.44. The van der Waals surface area contributed by atoms with E-state index in [-0.39, 0.29) is 43.1 Å². The smallest absolute Gasteiger partial charge is 0.251 e. The van der Waals surface area contributed by atoms with Gasteiger partial charge in [-0.1, -0.05) is 17.7 Å². The summed E-state index contributed by atoms with van der Waals surface area (Å²) in [6, 6.07) is 5.92. The zero-order valence-electron chi connectivity index (χ0n) is 22.8. The highest BCUT2D eigenvalue weighted by Crippen LogP contribution is 2.28. The highest BCUT2D eigenvalue weighted by molar-refractivity contribution is 7.92. The maximum Gasteiger partial charge on any atom is 0.251 e. The fourth-order valence-electron chi connectivity index (χ4n) is 4.81. The SMILES string of the molecule is CN(c1nccnc1CNc1nc(Nc2ccc3c(c2)CCC(N(CCO)CC(F)F)CC3)ncc1Cl)S(C)(=O)=O. The van der Waals surface area contributed by atoms with Gasteiger partial charge >= 0.3 is 0 Å². The van der Waals surface area contributed by atoms with Crippen LogP contribution in [-0.2, 0) is 29.4 Å². The minimum Gasteiger partial charge on any atom is -0.395 e. The molecule has 0 spiro atoms. The largest absolute Gasteiger partial charge is 0.395 e. The average molecular weight is 611 g/mol. The number of aliphatic hydroxyl groups is 1. The fraction of sp³-hybridized carbons (Fsp3) is 0.462. The van der Waals surface area contributed by atoms with E-state index in [0.29, 0.717) is 23.9 Å². The molecule has 41 heavy (non-hydrogen) atoms. The van der Waals surface area contributed by atoms with Gasteiger partial charge in [-0.05, 0) is 48.9 Å². The number of aliphatic hydroxyl groups excluding tert-OH is 1. The molecule has 222 valence electrons. The van der Waals surface area contributed by atoms with E-state index in [1.165, 1.54) is 25.6 Å². The van der Waals surface area contributed by atoms with E-state index in [9.17, 15) is 22.3 Å². The van der Waals surface area contributed by atoms with Crippen LogP contribution in [0.5, 0.6) is 0 Å². The van der Waals surface area contributed by atoms with Gasteiger partial charge in [0.2, 0.25) is 16.0 Å². The Balaban J connectivity index is 1.45. The van der Waals surface area contributed by atoms with Crippen LogP contribution in [0.2, 0.25) is 5.02 Å². The molecule has 0 radical (unpaired) electrons. The maximum absolute atomic E-state index is 13.1. The van der Waals surface area contributed by atoms with E-state index in [1.54, 1.807) is 4.90 Å². The van der Waals surface area contributed by atoms with Crippen LogP contribution in [0.3, 0.4) is 0 Å². The molecule has 2 aromatic heterocycles. The number of nitrogens with one attached hydrogen (secondary N) is 2. The van der Waals surface area contributed by atoms with Crippen molar-refractivity contribution in [3.63, 3.8) is 0 Å². The van der Waals surface area contributed by atoms with Gasteiger partial charge in [-0.25, -0.2) is 27.2 Å². The van der Waals surface area contributed by atoms with Crippen molar-refractivity contribution in [2.24, 2.45) is 0 Å². The lowest BCUT2D eigenvalue weighted by atomic mass is 10.0. The van der Waals surface area contributed by atoms with Crippen LogP contribution in [0.1, 0.15) is 29.7 Å². The van der Waals surface area contributed by atoms with E-state index in [2.05, 4.69) is 30.6 Å². The van der Waals surface area contributed by atoms with Gasteiger partial charge in [0.1, 0.15) is 10.7 Å². The van der Waals surface area contributed by atoms with Crippen LogP contribution in [0, 0.1) is 0 Å². The van der Waals surface area contributed by atoms with Gasteiger partial charge in [-0.2, -0.15) is 4.98 Å². The molecule has 0 bridgehead atoms. The summed E-state index contributed by atoms with van der Waals surface area (Å²) in [6.45, 7) is -0.155. The third-order valence-electron chi connectivity index (χ3n) is 6.95. The van der Waals surface area contributed by atoms with Gasteiger partial charge in [0.05, 0.1) is 32.1 Å². The van der Waals surface area contributed by atoms with Crippen molar-refractivity contribution in [1.29, 1.82) is 0 Å². The molecule has 0 saturated carbocycles. The van der Waals surface area contributed by atoms with Crippen molar-refractivity contribution in [3.8, 4) is 0 Å². The third kappa shape index (κ3) is 8.18. The molecular weight excluding hydrogens is 578 g/mol. The molecule has 3 N–H and O–H groups in total. The molecule has 0 saturated heterocycles. The summed E-state index contributed by atoms with van der Waals surface area (Å²) >= 11 is 6.32. The second-order valence-corrected chi connectivity index (χ2v) is 12.2. The lowest BCUT2D eigenvalue weighted by molar-refractivity contribution is 0.0506. The predicted octanol–water partition coefficient (Wildman–Crippen LogP) is 3.48. The molecule has 1 unspecified atom stereocenters. The monoisotopic (exact) mass is 610 g/mol. The highest BCUT2D eigenvalue weighted by atomic mass is 35.5. The van der Waals surface area contributed by atoms with E-state index in [0.717, 1.165) is 46.6 Å².